The first-order valence-corrected chi connectivity index (χ1v) is 10.7. The maximum atomic E-state index is 14.9. The fraction of sp³-hybridized carbons (Fsp3) is 0.227. The van der Waals surface area contributed by atoms with Crippen molar-refractivity contribution in [2.45, 2.75) is 32.6 Å². The van der Waals surface area contributed by atoms with Gasteiger partial charge in [0.15, 0.2) is 16.8 Å². The number of halogens is 1. The summed E-state index contributed by atoms with van der Waals surface area (Å²) in [4.78, 5) is 24.9. The van der Waals surface area contributed by atoms with Gasteiger partial charge in [-0.2, -0.15) is 0 Å². The summed E-state index contributed by atoms with van der Waals surface area (Å²) in [6, 6.07) is 8.11. The summed E-state index contributed by atoms with van der Waals surface area (Å²) in [5, 5.41) is 6.05. The molecule has 1 N–H and O–H groups in total. The van der Waals surface area contributed by atoms with E-state index in [2.05, 4.69) is 10.2 Å². The minimum Gasteiger partial charge on any atom is -0.386 e. The normalized spacial score (nSPS) is 16.9. The molecule has 9 heteroatoms. The third kappa shape index (κ3) is 3.54. The number of fused-ring (bicyclic) bond motifs is 1. The van der Waals surface area contributed by atoms with Gasteiger partial charge in [-0.05, 0) is 62.6 Å². The van der Waals surface area contributed by atoms with Crippen molar-refractivity contribution in [3.05, 3.63) is 80.4 Å². The molecule has 7 nitrogen and oxygen atoms in total. The Labute approximate surface area is 180 Å². The molecule has 1 aliphatic rings. The first-order chi connectivity index (χ1) is 14.7. The van der Waals surface area contributed by atoms with E-state index in [9.17, 15) is 18.2 Å². The number of aromatic nitrogens is 2. The third-order valence-corrected chi connectivity index (χ3v) is 6.86. The lowest BCUT2D eigenvalue weighted by atomic mass is 9.95. The van der Waals surface area contributed by atoms with E-state index in [4.69, 9.17) is 4.42 Å². The molecule has 1 aliphatic heterocycles. The van der Waals surface area contributed by atoms with Crippen LogP contribution in [0.4, 0.5) is 4.39 Å². The molecular weight excluding hydrogens is 421 g/mol. The first-order valence-electron chi connectivity index (χ1n) is 9.55. The quantitative estimate of drug-likeness (QED) is 0.671. The van der Waals surface area contributed by atoms with Gasteiger partial charge in [0, 0.05) is 11.1 Å². The maximum absolute atomic E-state index is 14.9. The fourth-order valence-corrected chi connectivity index (χ4v) is 5.11. The van der Waals surface area contributed by atoms with Crippen molar-refractivity contribution in [1.82, 2.24) is 14.5 Å². The molecule has 0 amide bonds. The van der Waals surface area contributed by atoms with E-state index in [-0.39, 0.29) is 29.5 Å². The van der Waals surface area contributed by atoms with Gasteiger partial charge in [-0.15, -0.1) is 5.10 Å². The van der Waals surface area contributed by atoms with Crippen LogP contribution in [0.25, 0.3) is 11.3 Å². The summed E-state index contributed by atoms with van der Waals surface area (Å²) in [6.45, 7) is 6.85. The number of rotatable bonds is 3. The molecule has 0 aliphatic carbocycles. The van der Waals surface area contributed by atoms with Gasteiger partial charge in [-0.3, -0.25) is 9.10 Å². The van der Waals surface area contributed by atoms with Crippen molar-refractivity contribution in [2.24, 2.45) is 0 Å². The van der Waals surface area contributed by atoms with Gasteiger partial charge < -0.3 is 4.42 Å². The number of allylic oxidation sites excluding steroid dienone is 1. The Morgan fingerprint density at radius 2 is 1.94 bits per heavy atom. The number of hydrogen-bond acceptors (Lipinski definition) is 5. The second-order valence-corrected chi connectivity index (χ2v) is 8.84. The van der Waals surface area contributed by atoms with Gasteiger partial charge in [-0.1, -0.05) is 17.7 Å². The summed E-state index contributed by atoms with van der Waals surface area (Å²) in [5.41, 5.74) is 3.54. The van der Waals surface area contributed by atoms with Crippen molar-refractivity contribution in [2.75, 3.05) is 6.54 Å². The Morgan fingerprint density at radius 1 is 1.19 bits per heavy atom. The summed E-state index contributed by atoms with van der Waals surface area (Å²) in [5.74, 6) is -1.71. The number of aryl methyl sites for hydroxylation is 2. The molecule has 0 bridgehead atoms. The largest absolute Gasteiger partial charge is 0.434 e. The summed E-state index contributed by atoms with van der Waals surface area (Å²) in [7, 11) is -1.80. The molecule has 2 aromatic carbocycles. The van der Waals surface area contributed by atoms with E-state index in [1.54, 1.807) is 38.1 Å². The van der Waals surface area contributed by atoms with Crippen molar-refractivity contribution in [1.29, 1.82) is 0 Å². The number of nitrogens with zero attached hydrogens (tertiary/aromatic N) is 2. The molecule has 1 unspecified atom stereocenters. The van der Waals surface area contributed by atoms with E-state index < -0.39 is 22.6 Å². The van der Waals surface area contributed by atoms with Crippen LogP contribution in [0.2, 0.25) is 0 Å². The van der Waals surface area contributed by atoms with E-state index in [1.807, 2.05) is 13.8 Å². The molecule has 2 heterocycles. The van der Waals surface area contributed by atoms with Crippen molar-refractivity contribution < 1.29 is 17.8 Å². The van der Waals surface area contributed by atoms with Gasteiger partial charge in [0.05, 0.1) is 11.4 Å². The smallest absolute Gasteiger partial charge is 0.386 e. The molecule has 1 aromatic heterocycles. The molecule has 3 aromatic rings. The van der Waals surface area contributed by atoms with Crippen LogP contribution in [0.3, 0.4) is 0 Å². The molecule has 0 fully saturated rings. The lowest BCUT2D eigenvalue weighted by Crippen LogP contribution is -2.36. The zero-order valence-corrected chi connectivity index (χ0v) is 18.2. The Balaban J connectivity index is 1.98. The Kier molecular flexibility index (Phi) is 5.22. The van der Waals surface area contributed by atoms with Crippen LogP contribution in [0, 0.1) is 26.6 Å². The number of nitrogens with one attached hydrogen (secondary N) is 1. The van der Waals surface area contributed by atoms with Crippen molar-refractivity contribution in [3.8, 4) is 0 Å². The molecule has 0 saturated heterocycles. The van der Waals surface area contributed by atoms with Gasteiger partial charge in [0.2, 0.25) is 0 Å². The van der Waals surface area contributed by atoms with Gasteiger partial charge in [-0.25, -0.2) is 18.5 Å². The number of hydrogen-bond donors (Lipinski definition) is 1. The predicted octanol–water partition coefficient (Wildman–Crippen LogP) is 3.54. The monoisotopic (exact) mass is 441 g/mol. The first kappa shape index (κ1) is 20.9. The van der Waals surface area contributed by atoms with Crippen LogP contribution < -0.4 is 5.76 Å². The number of benzene rings is 2. The molecule has 1 atom stereocenters. The summed E-state index contributed by atoms with van der Waals surface area (Å²) >= 11 is 0. The van der Waals surface area contributed by atoms with Crippen LogP contribution in [0.1, 0.15) is 45.4 Å². The zero-order valence-electron chi connectivity index (χ0n) is 17.4. The number of ketones is 1. The minimum absolute atomic E-state index is 0.115. The molecule has 0 radical (unpaired) electrons. The Bertz CT molecular complexity index is 1340. The summed E-state index contributed by atoms with van der Waals surface area (Å²) in [6.07, 6.45) is 0. The SMILES string of the molecule is C/C(=C(/c1n[nH]c(=O)o1)N1CC(=O)c2cc(C)ccc2S1=O)c1c(F)ccc(C)c1C. The molecule has 0 spiro atoms. The third-order valence-electron chi connectivity index (χ3n) is 5.42. The van der Waals surface area contributed by atoms with E-state index >= 15 is 0 Å². The number of carbonyl (C=O) groups is 1. The lowest BCUT2D eigenvalue weighted by molar-refractivity contribution is 0.0972. The van der Waals surface area contributed by atoms with E-state index in [0.29, 0.717) is 21.6 Å². The second kappa shape index (κ2) is 7.73. The van der Waals surface area contributed by atoms with Crippen LogP contribution in [-0.4, -0.2) is 31.0 Å². The van der Waals surface area contributed by atoms with Gasteiger partial charge in [0.1, 0.15) is 11.5 Å². The lowest BCUT2D eigenvalue weighted by Gasteiger charge is -2.30. The highest BCUT2D eigenvalue weighted by molar-refractivity contribution is 7.83. The Hall–Kier alpha value is -3.33. The topological polar surface area (TPSA) is 96.3 Å². The minimum atomic E-state index is -1.80. The predicted molar refractivity (Wildman–Crippen MR) is 114 cm³/mol. The van der Waals surface area contributed by atoms with E-state index in [0.717, 1.165) is 11.1 Å². The van der Waals surface area contributed by atoms with Crippen LogP contribution in [-0.2, 0) is 11.0 Å². The molecule has 0 saturated carbocycles. The maximum Gasteiger partial charge on any atom is 0.434 e. The molecule has 160 valence electrons. The van der Waals surface area contributed by atoms with E-state index in [1.165, 1.54) is 10.4 Å². The zero-order chi connectivity index (χ0) is 22.4. The van der Waals surface area contributed by atoms with Gasteiger partial charge >= 0.3 is 5.76 Å². The van der Waals surface area contributed by atoms with Gasteiger partial charge in [0.25, 0.3) is 5.89 Å². The number of carbonyl (C=O) groups excluding carboxylic acids is 1. The van der Waals surface area contributed by atoms with Crippen LogP contribution in [0.5, 0.6) is 0 Å². The highest BCUT2D eigenvalue weighted by atomic mass is 32.2. The van der Waals surface area contributed by atoms with Crippen molar-refractivity contribution >= 4 is 28.0 Å². The average Bonchev–Trinajstić information content (AvgIpc) is 3.15. The highest BCUT2D eigenvalue weighted by Gasteiger charge is 2.35. The molecule has 4 rings (SSSR count). The number of aromatic amines is 1. The number of Topliss-reactive ketones (excluding diaryl/α,β-unsaturated/α-hetero) is 1. The van der Waals surface area contributed by atoms with Crippen molar-refractivity contribution in [3.63, 3.8) is 0 Å². The molecular formula is C22H20FN3O4S. The standard InChI is InChI=1S/C22H20FN3O4S/c1-11-5-8-18-15(9-11)17(27)10-26(31(18)29)20(21-24-25-22(28)30-21)14(4)19-13(3)12(2)6-7-16(19)23/h5-9H,10H2,1-4H3,(H,25,28)/b20-14+. The highest BCUT2D eigenvalue weighted by Crippen LogP contribution is 2.36. The Morgan fingerprint density at radius 3 is 2.61 bits per heavy atom. The van der Waals surface area contributed by atoms with Crippen LogP contribution in [0.15, 0.2) is 44.4 Å². The second-order valence-electron chi connectivity index (χ2n) is 7.46. The molecule has 31 heavy (non-hydrogen) atoms. The summed E-state index contributed by atoms with van der Waals surface area (Å²) < 4.78 is 34.8. The average molecular weight is 441 g/mol. The fourth-order valence-electron chi connectivity index (χ4n) is 3.72. The van der Waals surface area contributed by atoms with Crippen LogP contribution >= 0.6 is 0 Å². The number of H-pyrrole nitrogens is 1.